The summed E-state index contributed by atoms with van der Waals surface area (Å²) in [5, 5.41) is 0. The van der Waals surface area contributed by atoms with Crippen LogP contribution in [0, 0.1) is 11.3 Å². The maximum atomic E-state index is 13.0. The van der Waals surface area contributed by atoms with Gasteiger partial charge >= 0.3 is 6.18 Å². The highest BCUT2D eigenvalue weighted by Crippen LogP contribution is 2.47. The zero-order valence-corrected chi connectivity index (χ0v) is 15.4. The van der Waals surface area contributed by atoms with E-state index in [0.717, 1.165) is 38.7 Å². The normalized spacial score (nSPS) is 22.8. The van der Waals surface area contributed by atoms with Crippen LogP contribution in [0.3, 0.4) is 0 Å². The first-order valence-corrected chi connectivity index (χ1v) is 9.26. The molecule has 1 aliphatic carbocycles. The average molecular weight is 372 g/mol. The molecule has 3 rings (SSSR count). The summed E-state index contributed by atoms with van der Waals surface area (Å²) >= 11 is 0. The van der Waals surface area contributed by atoms with E-state index in [2.05, 4.69) is 9.88 Å². The fourth-order valence-electron chi connectivity index (χ4n) is 3.45. The largest absolute Gasteiger partial charge is 0.477 e. The van der Waals surface area contributed by atoms with Gasteiger partial charge in [0.25, 0.3) is 0 Å². The predicted octanol–water partition coefficient (Wildman–Crippen LogP) is 4.01. The van der Waals surface area contributed by atoms with Gasteiger partial charge in [-0.05, 0) is 51.8 Å². The molecule has 2 fully saturated rings. The molecule has 1 atom stereocenters. The first-order valence-electron chi connectivity index (χ1n) is 9.26. The van der Waals surface area contributed by atoms with Gasteiger partial charge in [0.05, 0.1) is 19.3 Å². The van der Waals surface area contributed by atoms with E-state index in [1.165, 1.54) is 25.1 Å². The molecular weight excluding hydrogens is 345 g/mol. The third kappa shape index (κ3) is 5.10. The van der Waals surface area contributed by atoms with Crippen LogP contribution in [-0.2, 0) is 10.9 Å². The Morgan fingerprint density at radius 1 is 1.35 bits per heavy atom. The van der Waals surface area contributed by atoms with Crippen molar-refractivity contribution in [3.8, 4) is 5.88 Å². The third-order valence-corrected chi connectivity index (χ3v) is 5.14. The number of alkyl halides is 3. The van der Waals surface area contributed by atoms with Gasteiger partial charge in [0.15, 0.2) is 0 Å². The van der Waals surface area contributed by atoms with Gasteiger partial charge in [-0.3, -0.25) is 0 Å². The lowest BCUT2D eigenvalue weighted by Gasteiger charge is -2.24. The SMILES string of the molecule is CC(C)OCC1(CN2CC[C@H](COc3ncccc3C(F)(F)F)C2)CC1. The van der Waals surface area contributed by atoms with Gasteiger partial charge < -0.3 is 14.4 Å². The van der Waals surface area contributed by atoms with Crippen molar-refractivity contribution >= 4 is 0 Å². The summed E-state index contributed by atoms with van der Waals surface area (Å²) in [6.07, 6.45) is 0.459. The van der Waals surface area contributed by atoms with Crippen molar-refractivity contribution in [2.75, 3.05) is 32.8 Å². The molecule has 4 nitrogen and oxygen atoms in total. The second kappa shape index (κ2) is 7.72. The molecule has 1 aromatic rings. The van der Waals surface area contributed by atoms with Crippen LogP contribution in [0.5, 0.6) is 5.88 Å². The van der Waals surface area contributed by atoms with Crippen molar-refractivity contribution < 1.29 is 22.6 Å². The van der Waals surface area contributed by atoms with Crippen molar-refractivity contribution in [3.05, 3.63) is 23.9 Å². The monoisotopic (exact) mass is 372 g/mol. The van der Waals surface area contributed by atoms with Crippen LogP contribution < -0.4 is 4.74 Å². The number of hydrogen-bond acceptors (Lipinski definition) is 4. The van der Waals surface area contributed by atoms with Crippen molar-refractivity contribution in [3.63, 3.8) is 0 Å². The van der Waals surface area contributed by atoms with Crippen LogP contribution in [0.2, 0.25) is 0 Å². The van der Waals surface area contributed by atoms with Crippen LogP contribution in [0.1, 0.15) is 38.7 Å². The van der Waals surface area contributed by atoms with Crippen LogP contribution in [-0.4, -0.2) is 48.8 Å². The molecule has 1 aliphatic heterocycles. The molecule has 0 unspecified atom stereocenters. The van der Waals surface area contributed by atoms with Crippen molar-refractivity contribution in [2.24, 2.45) is 11.3 Å². The Bertz CT molecular complexity index is 603. The third-order valence-electron chi connectivity index (χ3n) is 5.14. The van der Waals surface area contributed by atoms with Crippen LogP contribution in [0.15, 0.2) is 18.3 Å². The number of hydrogen-bond donors (Lipinski definition) is 0. The first kappa shape index (κ1) is 19.4. The predicted molar refractivity (Wildman–Crippen MR) is 92.0 cm³/mol. The summed E-state index contributed by atoms with van der Waals surface area (Å²) in [6.45, 7) is 7.99. The lowest BCUT2D eigenvalue weighted by Crippen LogP contribution is -2.32. The molecule has 1 aromatic heterocycles. The lowest BCUT2D eigenvalue weighted by atomic mass is 10.1. The zero-order valence-electron chi connectivity index (χ0n) is 15.4. The highest BCUT2D eigenvalue weighted by molar-refractivity contribution is 5.28. The Kier molecular flexibility index (Phi) is 5.77. The van der Waals surface area contributed by atoms with E-state index < -0.39 is 11.7 Å². The maximum absolute atomic E-state index is 13.0. The molecule has 26 heavy (non-hydrogen) atoms. The summed E-state index contributed by atoms with van der Waals surface area (Å²) in [5.74, 6) is -0.0812. The van der Waals surface area contributed by atoms with Gasteiger partial charge in [-0.1, -0.05) is 0 Å². The quantitative estimate of drug-likeness (QED) is 0.691. The van der Waals surface area contributed by atoms with Crippen LogP contribution >= 0.6 is 0 Å². The fraction of sp³-hybridized carbons (Fsp3) is 0.737. The molecule has 0 amide bonds. The molecule has 0 bridgehead atoms. The molecule has 2 aliphatic rings. The van der Waals surface area contributed by atoms with Crippen LogP contribution in [0.25, 0.3) is 0 Å². The smallest absolute Gasteiger partial charge is 0.421 e. The molecule has 0 aromatic carbocycles. The Morgan fingerprint density at radius 2 is 2.12 bits per heavy atom. The van der Waals surface area contributed by atoms with Crippen molar-refractivity contribution in [1.82, 2.24) is 9.88 Å². The van der Waals surface area contributed by atoms with Crippen molar-refractivity contribution in [2.45, 2.75) is 45.4 Å². The Labute approximate surface area is 152 Å². The minimum atomic E-state index is -4.44. The summed E-state index contributed by atoms with van der Waals surface area (Å²) < 4.78 is 50.2. The van der Waals surface area contributed by atoms with Gasteiger partial charge in [-0.15, -0.1) is 0 Å². The van der Waals surface area contributed by atoms with E-state index in [1.807, 2.05) is 13.8 Å². The van der Waals surface area contributed by atoms with E-state index >= 15 is 0 Å². The molecular formula is C19H27F3N2O2. The maximum Gasteiger partial charge on any atom is 0.421 e. The van der Waals surface area contributed by atoms with E-state index in [1.54, 1.807) is 0 Å². The molecule has 2 heterocycles. The summed E-state index contributed by atoms with van der Waals surface area (Å²) in [6, 6.07) is 2.29. The Hall–Kier alpha value is -1.34. The first-order chi connectivity index (χ1) is 12.3. The van der Waals surface area contributed by atoms with Gasteiger partial charge in [0.1, 0.15) is 5.56 Å². The number of likely N-dealkylation sites (tertiary alicyclic amines) is 1. The van der Waals surface area contributed by atoms with E-state index in [4.69, 9.17) is 9.47 Å². The topological polar surface area (TPSA) is 34.6 Å². The second-order valence-corrected chi connectivity index (χ2v) is 7.91. The molecule has 7 heteroatoms. The van der Waals surface area contributed by atoms with Gasteiger partial charge in [0.2, 0.25) is 5.88 Å². The number of ether oxygens (including phenoxy) is 2. The number of pyridine rings is 1. The number of aromatic nitrogens is 1. The zero-order chi connectivity index (χ0) is 18.8. The average Bonchev–Trinajstić information content (AvgIpc) is 3.20. The summed E-state index contributed by atoms with van der Waals surface area (Å²) in [4.78, 5) is 6.16. The van der Waals surface area contributed by atoms with E-state index in [9.17, 15) is 13.2 Å². The molecule has 0 radical (unpaired) electrons. The Balaban J connectivity index is 1.47. The Morgan fingerprint density at radius 3 is 2.77 bits per heavy atom. The summed E-state index contributed by atoms with van der Waals surface area (Å²) in [5.41, 5.74) is -0.526. The molecule has 1 saturated heterocycles. The van der Waals surface area contributed by atoms with Gasteiger partial charge in [-0.25, -0.2) is 4.98 Å². The number of rotatable bonds is 8. The van der Waals surface area contributed by atoms with Crippen molar-refractivity contribution in [1.29, 1.82) is 0 Å². The van der Waals surface area contributed by atoms with E-state index in [-0.39, 0.29) is 29.9 Å². The highest BCUT2D eigenvalue weighted by atomic mass is 19.4. The fourth-order valence-corrected chi connectivity index (χ4v) is 3.45. The van der Waals surface area contributed by atoms with Gasteiger partial charge in [0, 0.05) is 30.6 Å². The van der Waals surface area contributed by atoms with E-state index in [0.29, 0.717) is 0 Å². The number of halogens is 3. The lowest BCUT2D eigenvalue weighted by molar-refractivity contribution is -0.139. The minimum Gasteiger partial charge on any atom is -0.477 e. The molecule has 0 spiro atoms. The molecule has 1 saturated carbocycles. The standard InChI is InChI=1S/C19H27F3N2O2/c1-14(2)26-13-18(6-7-18)12-24-9-5-15(10-24)11-25-17-16(19(20,21)22)4-3-8-23-17/h3-4,8,14-15H,5-7,9-13H2,1-2H3/t15-/m0/s1. The second-order valence-electron chi connectivity index (χ2n) is 7.91. The number of nitrogens with zero attached hydrogens (tertiary/aromatic N) is 2. The highest BCUT2D eigenvalue weighted by Gasteiger charge is 2.45. The minimum absolute atomic E-state index is 0.236. The molecule has 146 valence electrons. The summed E-state index contributed by atoms with van der Waals surface area (Å²) in [7, 11) is 0. The van der Waals surface area contributed by atoms with Gasteiger partial charge in [-0.2, -0.15) is 13.2 Å². The molecule has 0 N–H and O–H groups in total. The van der Waals surface area contributed by atoms with Crippen LogP contribution in [0.4, 0.5) is 13.2 Å².